The monoisotopic (exact) mass is 952 g/mol. The van der Waals surface area contributed by atoms with Crippen LogP contribution in [0, 0.1) is 5.41 Å². The number of piperidine rings is 1. The lowest BCUT2D eigenvalue weighted by Gasteiger charge is -2.46. The Bertz CT molecular complexity index is 2900. The molecule has 0 saturated carbocycles. The summed E-state index contributed by atoms with van der Waals surface area (Å²) in [6, 6.07) is 13.9. The summed E-state index contributed by atoms with van der Waals surface area (Å²) in [5, 5.41) is 26.5. The quantitative estimate of drug-likeness (QED) is 0.0589. The predicted octanol–water partition coefficient (Wildman–Crippen LogP) is 5.86. The van der Waals surface area contributed by atoms with Crippen LogP contribution in [-0.4, -0.2) is 113 Å². The second-order valence-corrected chi connectivity index (χ2v) is 18.7. The SMILES string of the molecule is Cn1c(=O)n(C2CCC(=O)NC2=O)c2ccc(CCCCOCCCCNCc3ccc(-n4cc(NC(=O)c5cnn6ccc(N7CCN(C(=O)O)C(C(C)(C)C)C7)nc56)c(C(F)F)n4)cc3)cc21. The highest BCUT2D eigenvalue weighted by Gasteiger charge is 2.39. The molecule has 21 heteroatoms. The molecule has 0 bridgehead atoms. The normalized spacial score (nSPS) is 16.8. The molecule has 4 N–H and O–H groups in total. The lowest BCUT2D eigenvalue weighted by molar-refractivity contribution is -0.135. The third kappa shape index (κ3) is 10.8. The number of nitrogens with zero attached hydrogens (tertiary/aromatic N) is 9. The van der Waals surface area contributed by atoms with Gasteiger partial charge in [0, 0.05) is 59.1 Å². The van der Waals surface area contributed by atoms with Crippen molar-refractivity contribution in [1.29, 1.82) is 0 Å². The molecular formula is C48H58F2N12O7. The maximum atomic E-state index is 14.3. The standard InChI is InChI=1S/C48H58F2N12O7/c1-48(2,3)38-29-58(21-22-59(38)47(67)68)39-18-20-60-43(54-39)33(27-52-60)44(64)53-34-28-61(56-41(34)42(49)50)32-13-10-31(11-14-32)26-51-19-6-8-24-69-23-7-5-9-30-12-15-35-37(25-30)57(4)46(66)62(35)36-16-17-40(63)55-45(36)65/h10-15,18,20,25,27-28,36,38,42,51H,5-9,16-17,19,21-24,26,29H2,1-4H3,(H,53,64)(H,67,68)(H,55,63,65). The van der Waals surface area contributed by atoms with Gasteiger partial charge in [0.05, 0.1) is 40.8 Å². The number of rotatable bonds is 18. The Hall–Kier alpha value is -7.00. The summed E-state index contributed by atoms with van der Waals surface area (Å²) in [6.45, 7) is 9.71. The molecule has 0 radical (unpaired) electrons. The second-order valence-electron chi connectivity index (χ2n) is 18.7. The molecule has 0 aliphatic carbocycles. The number of nitrogens with one attached hydrogen (secondary N) is 3. The van der Waals surface area contributed by atoms with Gasteiger partial charge in [0.2, 0.25) is 11.8 Å². The van der Waals surface area contributed by atoms with Crippen molar-refractivity contribution < 1.29 is 37.8 Å². The lowest BCUT2D eigenvalue weighted by atomic mass is 9.84. The number of imide groups is 1. The molecule has 2 saturated heterocycles. The number of hydrogen-bond donors (Lipinski definition) is 4. The number of piperazine rings is 1. The summed E-state index contributed by atoms with van der Waals surface area (Å²) in [7, 11) is 1.69. The molecule has 6 heterocycles. The first kappa shape index (κ1) is 48.5. The van der Waals surface area contributed by atoms with Crippen molar-refractivity contribution in [3.8, 4) is 5.69 Å². The Kier molecular flexibility index (Phi) is 14.5. The van der Waals surface area contributed by atoms with E-state index in [9.17, 15) is 37.9 Å². The van der Waals surface area contributed by atoms with Crippen molar-refractivity contribution in [3.05, 3.63) is 100.0 Å². The van der Waals surface area contributed by atoms with Gasteiger partial charge in [-0.1, -0.05) is 39.0 Å². The van der Waals surface area contributed by atoms with Crippen LogP contribution in [0.5, 0.6) is 0 Å². The van der Waals surface area contributed by atoms with E-state index in [-0.39, 0.29) is 52.9 Å². The second kappa shape index (κ2) is 20.7. The topological polar surface area (TPSA) is 215 Å². The Morgan fingerprint density at radius 3 is 2.45 bits per heavy atom. The summed E-state index contributed by atoms with van der Waals surface area (Å²) in [5.41, 5.74) is 2.98. The number of alkyl halides is 2. The first-order valence-electron chi connectivity index (χ1n) is 23.3. The number of imidazole rings is 1. The van der Waals surface area contributed by atoms with Crippen LogP contribution in [0.2, 0.25) is 0 Å². The van der Waals surface area contributed by atoms with Gasteiger partial charge in [-0.15, -0.1) is 0 Å². The number of amides is 4. The van der Waals surface area contributed by atoms with Gasteiger partial charge in [0.1, 0.15) is 17.4 Å². The Morgan fingerprint density at radius 2 is 1.72 bits per heavy atom. The number of unbranched alkanes of at least 4 members (excludes halogenated alkanes) is 2. The highest BCUT2D eigenvalue weighted by atomic mass is 19.3. The van der Waals surface area contributed by atoms with Gasteiger partial charge >= 0.3 is 11.8 Å². The van der Waals surface area contributed by atoms with Crippen molar-refractivity contribution in [2.75, 3.05) is 49.6 Å². The summed E-state index contributed by atoms with van der Waals surface area (Å²) in [6.07, 6.45) is 5.32. The van der Waals surface area contributed by atoms with Crippen molar-refractivity contribution in [3.63, 3.8) is 0 Å². The van der Waals surface area contributed by atoms with Crippen LogP contribution in [0.15, 0.2) is 71.9 Å². The largest absolute Gasteiger partial charge is 0.465 e. The summed E-state index contributed by atoms with van der Waals surface area (Å²) in [5.74, 6) is -0.919. The van der Waals surface area contributed by atoms with Gasteiger partial charge in [0.15, 0.2) is 11.3 Å². The van der Waals surface area contributed by atoms with Crippen LogP contribution in [0.1, 0.15) is 98.9 Å². The fourth-order valence-corrected chi connectivity index (χ4v) is 9.01. The molecular weight excluding hydrogens is 895 g/mol. The van der Waals surface area contributed by atoms with E-state index in [0.29, 0.717) is 56.3 Å². The number of carbonyl (C=O) groups is 4. The zero-order valence-electron chi connectivity index (χ0n) is 39.2. The fraction of sp³-hybridized carbons (Fsp3) is 0.458. The average molecular weight is 953 g/mol. The number of anilines is 2. The van der Waals surface area contributed by atoms with Crippen LogP contribution in [-0.2, 0) is 34.3 Å². The molecule has 4 amide bonds. The van der Waals surface area contributed by atoms with Gasteiger partial charge in [0.25, 0.3) is 12.3 Å². The van der Waals surface area contributed by atoms with E-state index in [2.05, 4.69) is 26.1 Å². The number of halogens is 2. The highest BCUT2D eigenvalue weighted by Crippen LogP contribution is 2.31. The molecule has 19 nitrogen and oxygen atoms in total. The van der Waals surface area contributed by atoms with E-state index in [1.54, 1.807) is 36.0 Å². The molecule has 366 valence electrons. The first-order valence-corrected chi connectivity index (χ1v) is 23.3. The molecule has 2 aromatic carbocycles. The predicted molar refractivity (Wildman–Crippen MR) is 253 cm³/mol. The zero-order chi connectivity index (χ0) is 49.0. The molecule has 2 atom stereocenters. The van der Waals surface area contributed by atoms with Gasteiger partial charge in [-0.25, -0.2) is 32.6 Å². The van der Waals surface area contributed by atoms with E-state index in [0.717, 1.165) is 55.3 Å². The Morgan fingerprint density at radius 1 is 0.971 bits per heavy atom. The van der Waals surface area contributed by atoms with Crippen LogP contribution in [0.25, 0.3) is 22.4 Å². The number of carbonyl (C=O) groups excluding carboxylic acids is 3. The molecule has 2 fully saturated rings. The maximum Gasteiger partial charge on any atom is 0.407 e. The number of aryl methyl sites for hydroxylation is 2. The minimum atomic E-state index is -2.97. The summed E-state index contributed by atoms with van der Waals surface area (Å²) >= 11 is 0. The first-order chi connectivity index (χ1) is 33.1. The van der Waals surface area contributed by atoms with Crippen LogP contribution in [0.4, 0.5) is 25.1 Å². The van der Waals surface area contributed by atoms with Gasteiger partial charge in [-0.2, -0.15) is 10.2 Å². The van der Waals surface area contributed by atoms with E-state index < -0.39 is 36.1 Å². The average Bonchev–Trinajstić information content (AvgIpc) is 4.02. The van der Waals surface area contributed by atoms with Gasteiger partial charge in [-0.3, -0.25) is 28.8 Å². The lowest BCUT2D eigenvalue weighted by Crippen LogP contribution is -2.59. The zero-order valence-corrected chi connectivity index (χ0v) is 39.2. The summed E-state index contributed by atoms with van der Waals surface area (Å²) < 4.78 is 40.2. The summed E-state index contributed by atoms with van der Waals surface area (Å²) in [4.78, 5) is 70.9. The van der Waals surface area contributed by atoms with Crippen LogP contribution in [0.3, 0.4) is 0 Å². The third-order valence-corrected chi connectivity index (χ3v) is 12.8. The number of benzene rings is 2. The molecule has 6 aromatic rings. The van der Waals surface area contributed by atoms with Crippen LogP contribution < -0.4 is 26.5 Å². The van der Waals surface area contributed by atoms with E-state index in [1.807, 2.05) is 56.0 Å². The number of ether oxygens (including phenoxy) is 1. The van der Waals surface area contributed by atoms with E-state index in [4.69, 9.17) is 9.72 Å². The molecule has 2 unspecified atom stereocenters. The number of hydrogen-bond acceptors (Lipinski definition) is 11. The minimum absolute atomic E-state index is 0.0731. The molecule has 2 aliphatic rings. The molecule has 2 aliphatic heterocycles. The minimum Gasteiger partial charge on any atom is -0.465 e. The molecule has 69 heavy (non-hydrogen) atoms. The number of carboxylic acid groups (broad SMARTS) is 1. The molecule has 0 spiro atoms. The van der Waals surface area contributed by atoms with Crippen LogP contribution >= 0.6 is 0 Å². The fourth-order valence-electron chi connectivity index (χ4n) is 9.01. The third-order valence-electron chi connectivity index (χ3n) is 12.8. The number of fused-ring (bicyclic) bond motifs is 2. The molecule has 8 rings (SSSR count). The van der Waals surface area contributed by atoms with Crippen molar-refractivity contribution in [2.45, 2.75) is 90.8 Å². The molecule has 4 aromatic heterocycles. The van der Waals surface area contributed by atoms with Gasteiger partial charge < -0.3 is 30.3 Å². The Balaban J connectivity index is 0.762. The van der Waals surface area contributed by atoms with E-state index in [1.165, 1.54) is 31.1 Å². The maximum absolute atomic E-state index is 14.3. The van der Waals surface area contributed by atoms with Crippen molar-refractivity contribution in [1.82, 2.24) is 49.0 Å². The van der Waals surface area contributed by atoms with Crippen molar-refractivity contribution in [2.24, 2.45) is 12.5 Å². The smallest absolute Gasteiger partial charge is 0.407 e. The van der Waals surface area contributed by atoms with Crippen molar-refractivity contribution >= 4 is 52.0 Å². The highest BCUT2D eigenvalue weighted by molar-refractivity contribution is 6.08. The van der Waals surface area contributed by atoms with Gasteiger partial charge in [-0.05, 0) is 91.9 Å². The number of aromatic nitrogens is 7. The van der Waals surface area contributed by atoms with E-state index >= 15 is 0 Å². The Labute approximate surface area is 396 Å².